The molecule has 1 aromatic rings. The summed E-state index contributed by atoms with van der Waals surface area (Å²) in [7, 11) is 0. The largest absolute Gasteiger partial charge is 0.0889 e. The molecule has 0 spiro atoms. The summed E-state index contributed by atoms with van der Waals surface area (Å²) in [5, 5.41) is 3.41. The first-order valence-electron chi connectivity index (χ1n) is 3.55. The zero-order chi connectivity index (χ0) is 8.97. The minimum Gasteiger partial charge on any atom is -0.0889 e. The summed E-state index contributed by atoms with van der Waals surface area (Å²) in [4.78, 5) is 2.66. The SMILES string of the molecule is C=C(N=[N+]=[N-])c1ccc(C)cc1. The summed E-state index contributed by atoms with van der Waals surface area (Å²) in [5.74, 6) is 0. The minimum absolute atomic E-state index is 0.456. The van der Waals surface area contributed by atoms with Crippen LogP contribution in [-0.4, -0.2) is 0 Å². The normalized spacial score (nSPS) is 8.75. The highest BCUT2D eigenvalue weighted by Gasteiger charge is 1.93. The molecular formula is C9H9N3. The van der Waals surface area contributed by atoms with Gasteiger partial charge in [-0.3, -0.25) is 0 Å². The van der Waals surface area contributed by atoms with Gasteiger partial charge in [0.2, 0.25) is 0 Å². The second kappa shape index (κ2) is 3.60. The van der Waals surface area contributed by atoms with Crippen LogP contribution >= 0.6 is 0 Å². The quantitative estimate of drug-likeness (QED) is 0.361. The number of benzene rings is 1. The molecule has 3 heteroatoms. The summed E-state index contributed by atoms with van der Waals surface area (Å²) in [6, 6.07) is 7.67. The fraction of sp³-hybridized carbons (Fsp3) is 0.111. The summed E-state index contributed by atoms with van der Waals surface area (Å²) < 4.78 is 0. The van der Waals surface area contributed by atoms with E-state index in [4.69, 9.17) is 5.53 Å². The number of rotatable bonds is 2. The maximum atomic E-state index is 8.15. The van der Waals surface area contributed by atoms with E-state index in [0.717, 1.165) is 5.56 Å². The summed E-state index contributed by atoms with van der Waals surface area (Å²) in [5.41, 5.74) is 10.6. The third-order valence-electron chi connectivity index (χ3n) is 1.55. The Hall–Kier alpha value is -1.73. The third-order valence-corrected chi connectivity index (χ3v) is 1.55. The molecule has 0 saturated heterocycles. The lowest BCUT2D eigenvalue weighted by atomic mass is 10.1. The van der Waals surface area contributed by atoms with Gasteiger partial charge in [-0.15, -0.1) is 0 Å². The molecule has 0 radical (unpaired) electrons. The Balaban J connectivity index is 2.97. The Bertz CT molecular complexity index is 331. The number of hydrogen-bond donors (Lipinski definition) is 0. The van der Waals surface area contributed by atoms with E-state index in [1.807, 2.05) is 31.2 Å². The first-order chi connectivity index (χ1) is 5.74. The van der Waals surface area contributed by atoms with Crippen molar-refractivity contribution in [3.63, 3.8) is 0 Å². The fourth-order valence-corrected chi connectivity index (χ4v) is 0.858. The number of hydrogen-bond acceptors (Lipinski definition) is 1. The van der Waals surface area contributed by atoms with E-state index < -0.39 is 0 Å². The van der Waals surface area contributed by atoms with Gasteiger partial charge >= 0.3 is 0 Å². The summed E-state index contributed by atoms with van der Waals surface area (Å²) in [6.07, 6.45) is 0. The van der Waals surface area contributed by atoms with E-state index >= 15 is 0 Å². The summed E-state index contributed by atoms with van der Waals surface area (Å²) >= 11 is 0. The van der Waals surface area contributed by atoms with E-state index in [9.17, 15) is 0 Å². The number of nitrogens with zero attached hydrogens (tertiary/aromatic N) is 3. The van der Waals surface area contributed by atoms with Crippen LogP contribution in [0.4, 0.5) is 0 Å². The van der Waals surface area contributed by atoms with Crippen molar-refractivity contribution < 1.29 is 0 Å². The Kier molecular flexibility index (Phi) is 2.51. The topological polar surface area (TPSA) is 48.8 Å². The van der Waals surface area contributed by atoms with E-state index in [0.29, 0.717) is 5.70 Å². The van der Waals surface area contributed by atoms with Gasteiger partial charge in [0.25, 0.3) is 0 Å². The van der Waals surface area contributed by atoms with Crippen LogP contribution in [-0.2, 0) is 0 Å². The molecule has 0 aliphatic rings. The van der Waals surface area contributed by atoms with E-state index in [-0.39, 0.29) is 0 Å². The van der Waals surface area contributed by atoms with Crippen LogP contribution in [0.5, 0.6) is 0 Å². The van der Waals surface area contributed by atoms with Gasteiger partial charge in [-0.2, -0.15) is 0 Å². The molecule has 0 bridgehead atoms. The summed E-state index contributed by atoms with van der Waals surface area (Å²) in [6.45, 7) is 5.62. The van der Waals surface area contributed by atoms with Crippen LogP contribution in [0.3, 0.4) is 0 Å². The molecular weight excluding hydrogens is 150 g/mol. The monoisotopic (exact) mass is 159 g/mol. The van der Waals surface area contributed by atoms with Gasteiger partial charge in [-0.05, 0) is 18.0 Å². The average Bonchev–Trinajstić information content (AvgIpc) is 2.06. The van der Waals surface area contributed by atoms with E-state index in [1.165, 1.54) is 5.56 Å². The molecule has 0 aliphatic carbocycles. The zero-order valence-corrected chi connectivity index (χ0v) is 6.86. The molecule has 0 amide bonds. The Labute approximate surface area is 71.0 Å². The Morgan fingerprint density at radius 2 is 2.00 bits per heavy atom. The van der Waals surface area contributed by atoms with Gasteiger partial charge in [0.15, 0.2) is 0 Å². The zero-order valence-electron chi connectivity index (χ0n) is 6.86. The maximum absolute atomic E-state index is 8.15. The van der Waals surface area contributed by atoms with Gasteiger partial charge in [0, 0.05) is 10.6 Å². The van der Waals surface area contributed by atoms with Crippen LogP contribution in [0, 0.1) is 6.92 Å². The van der Waals surface area contributed by atoms with Gasteiger partial charge in [0.05, 0.1) is 0 Å². The molecule has 0 heterocycles. The highest BCUT2D eigenvalue weighted by molar-refractivity contribution is 5.62. The lowest BCUT2D eigenvalue weighted by Gasteiger charge is -1.98. The molecule has 0 atom stereocenters. The van der Waals surface area contributed by atoms with E-state index in [1.54, 1.807) is 0 Å². The predicted octanol–water partition coefficient (Wildman–Crippen LogP) is 3.28. The molecule has 12 heavy (non-hydrogen) atoms. The van der Waals surface area contributed by atoms with Gasteiger partial charge in [-0.25, -0.2) is 0 Å². The van der Waals surface area contributed by atoms with Crippen molar-refractivity contribution >= 4 is 5.70 Å². The molecule has 0 fully saturated rings. The first kappa shape index (κ1) is 8.37. The van der Waals surface area contributed by atoms with E-state index in [2.05, 4.69) is 16.6 Å². The van der Waals surface area contributed by atoms with Crippen molar-refractivity contribution in [2.45, 2.75) is 6.92 Å². The molecule has 0 saturated carbocycles. The first-order valence-corrected chi connectivity index (χ1v) is 3.55. The number of aryl methyl sites for hydroxylation is 1. The highest BCUT2D eigenvalue weighted by Crippen LogP contribution is 2.13. The lowest BCUT2D eigenvalue weighted by Crippen LogP contribution is -1.78. The van der Waals surface area contributed by atoms with Crippen molar-refractivity contribution in [1.82, 2.24) is 0 Å². The lowest BCUT2D eigenvalue weighted by molar-refractivity contribution is 1.42. The second-order valence-electron chi connectivity index (χ2n) is 2.50. The molecule has 60 valence electrons. The predicted molar refractivity (Wildman–Crippen MR) is 49.4 cm³/mol. The number of azide groups is 1. The van der Waals surface area contributed by atoms with Crippen LogP contribution in [0.15, 0.2) is 36.0 Å². The standard InChI is InChI=1S/C9H9N3/c1-7-3-5-9(6-4-7)8(2)11-12-10/h3-6H,2H2,1H3. The van der Waals surface area contributed by atoms with Gasteiger partial charge in [0.1, 0.15) is 0 Å². The molecule has 0 aromatic heterocycles. The van der Waals surface area contributed by atoms with Crippen LogP contribution in [0.25, 0.3) is 16.1 Å². The van der Waals surface area contributed by atoms with Crippen molar-refractivity contribution in [2.24, 2.45) is 5.11 Å². The van der Waals surface area contributed by atoms with Crippen molar-refractivity contribution in [1.29, 1.82) is 0 Å². The molecule has 0 unspecified atom stereocenters. The second-order valence-corrected chi connectivity index (χ2v) is 2.50. The smallest absolute Gasteiger partial charge is 0.0375 e. The molecule has 1 rings (SSSR count). The molecule has 0 aliphatic heterocycles. The fourth-order valence-electron chi connectivity index (χ4n) is 0.858. The Morgan fingerprint density at radius 3 is 2.50 bits per heavy atom. The highest BCUT2D eigenvalue weighted by atomic mass is 15.1. The minimum atomic E-state index is 0.456. The van der Waals surface area contributed by atoms with Gasteiger partial charge in [-0.1, -0.05) is 41.5 Å². The maximum Gasteiger partial charge on any atom is 0.0375 e. The molecule has 1 aromatic carbocycles. The van der Waals surface area contributed by atoms with Crippen molar-refractivity contribution in [2.75, 3.05) is 0 Å². The average molecular weight is 159 g/mol. The van der Waals surface area contributed by atoms with Crippen molar-refractivity contribution in [3.8, 4) is 0 Å². The van der Waals surface area contributed by atoms with Gasteiger partial charge < -0.3 is 0 Å². The molecule has 3 nitrogen and oxygen atoms in total. The van der Waals surface area contributed by atoms with Crippen molar-refractivity contribution in [3.05, 3.63) is 52.4 Å². The van der Waals surface area contributed by atoms with Crippen LogP contribution in [0.1, 0.15) is 11.1 Å². The Morgan fingerprint density at radius 1 is 1.42 bits per heavy atom. The van der Waals surface area contributed by atoms with Crippen LogP contribution in [0.2, 0.25) is 0 Å². The molecule has 0 N–H and O–H groups in total. The van der Waals surface area contributed by atoms with Crippen LogP contribution < -0.4 is 0 Å². The third kappa shape index (κ3) is 1.87.